The molecular formula is C12H19N3OS. The van der Waals surface area contributed by atoms with Crippen LogP contribution in [0.1, 0.15) is 42.9 Å². The molecule has 1 aliphatic heterocycles. The first-order chi connectivity index (χ1) is 8.22. The van der Waals surface area contributed by atoms with Crippen molar-refractivity contribution in [2.75, 3.05) is 13.1 Å². The topological polar surface area (TPSA) is 45.2 Å². The molecule has 1 amide bonds. The first kappa shape index (κ1) is 12.5. The molecule has 1 aromatic rings. The largest absolute Gasteiger partial charge is 0.335 e. The number of nitrogens with zero attached hydrogens (tertiary/aromatic N) is 2. The Balaban J connectivity index is 2.04. The molecule has 1 N–H and O–H groups in total. The summed E-state index contributed by atoms with van der Waals surface area (Å²) in [7, 11) is 0. The molecule has 0 aliphatic carbocycles. The zero-order valence-electron chi connectivity index (χ0n) is 10.4. The van der Waals surface area contributed by atoms with Gasteiger partial charge in [0.25, 0.3) is 0 Å². The molecule has 0 unspecified atom stereocenters. The fraction of sp³-hybridized carbons (Fsp3) is 0.667. The highest BCUT2D eigenvalue weighted by atomic mass is 32.1. The van der Waals surface area contributed by atoms with E-state index in [1.54, 1.807) is 11.3 Å². The van der Waals surface area contributed by atoms with Gasteiger partial charge in [-0.05, 0) is 13.3 Å². The van der Waals surface area contributed by atoms with Crippen LogP contribution in [0.25, 0.3) is 0 Å². The molecule has 1 fully saturated rings. The van der Waals surface area contributed by atoms with E-state index in [4.69, 9.17) is 0 Å². The average Bonchev–Trinajstić information content (AvgIpc) is 2.85. The van der Waals surface area contributed by atoms with Gasteiger partial charge in [0.15, 0.2) is 0 Å². The first-order valence-corrected chi connectivity index (χ1v) is 7.03. The Hall–Kier alpha value is -0.940. The summed E-state index contributed by atoms with van der Waals surface area (Å²) in [5, 5.41) is 3.03. The van der Waals surface area contributed by atoms with Crippen molar-refractivity contribution >= 4 is 17.2 Å². The van der Waals surface area contributed by atoms with E-state index in [-0.39, 0.29) is 12.1 Å². The Bertz CT molecular complexity index is 391. The smallest absolute Gasteiger partial charge is 0.235 e. The lowest BCUT2D eigenvalue weighted by Gasteiger charge is -2.22. The predicted molar refractivity (Wildman–Crippen MR) is 68.8 cm³/mol. The minimum Gasteiger partial charge on any atom is -0.335 e. The maximum Gasteiger partial charge on any atom is 0.235 e. The molecule has 2 rings (SSSR count). The minimum atomic E-state index is 0.0480. The number of carbonyl (C=O) groups is 1. The van der Waals surface area contributed by atoms with E-state index in [1.165, 1.54) is 17.7 Å². The third kappa shape index (κ3) is 2.84. The molecule has 1 atom stereocenters. The van der Waals surface area contributed by atoms with E-state index < -0.39 is 0 Å². The monoisotopic (exact) mass is 253 g/mol. The molecule has 1 saturated heterocycles. The molecule has 0 bridgehead atoms. The standard InChI is InChI=1S/C12H19N3OS/c1-3-4-5-6-15-7-10(16)14-12(15)11-9(2)13-8-17-11/h8,12H,3-7H2,1-2H3,(H,14,16)/t12-/m0/s1. The molecule has 1 aliphatic rings. The minimum absolute atomic E-state index is 0.0480. The van der Waals surface area contributed by atoms with Crippen LogP contribution in [0.3, 0.4) is 0 Å². The van der Waals surface area contributed by atoms with Gasteiger partial charge in [0.05, 0.1) is 22.6 Å². The van der Waals surface area contributed by atoms with Gasteiger partial charge in [-0.1, -0.05) is 19.8 Å². The van der Waals surface area contributed by atoms with E-state index in [9.17, 15) is 4.79 Å². The fourth-order valence-electron chi connectivity index (χ4n) is 2.14. The van der Waals surface area contributed by atoms with Crippen LogP contribution in [0.5, 0.6) is 0 Å². The lowest BCUT2D eigenvalue weighted by atomic mass is 10.2. The number of aromatic nitrogens is 1. The molecule has 2 heterocycles. The number of hydrogen-bond donors (Lipinski definition) is 1. The molecule has 17 heavy (non-hydrogen) atoms. The quantitative estimate of drug-likeness (QED) is 0.817. The zero-order chi connectivity index (χ0) is 12.3. The van der Waals surface area contributed by atoms with Crippen molar-refractivity contribution in [3.05, 3.63) is 16.1 Å². The van der Waals surface area contributed by atoms with Crippen molar-refractivity contribution in [2.45, 2.75) is 39.3 Å². The van der Waals surface area contributed by atoms with Crippen LogP contribution in [0.15, 0.2) is 5.51 Å². The Labute approximate surface area is 106 Å². The van der Waals surface area contributed by atoms with Gasteiger partial charge < -0.3 is 5.32 Å². The summed E-state index contributed by atoms with van der Waals surface area (Å²) in [6.45, 7) is 5.69. The summed E-state index contributed by atoms with van der Waals surface area (Å²) in [5.74, 6) is 0.124. The number of aryl methyl sites for hydroxylation is 1. The van der Waals surface area contributed by atoms with Crippen molar-refractivity contribution in [1.82, 2.24) is 15.2 Å². The van der Waals surface area contributed by atoms with Crippen LogP contribution < -0.4 is 5.32 Å². The Morgan fingerprint density at radius 2 is 2.41 bits per heavy atom. The first-order valence-electron chi connectivity index (χ1n) is 6.15. The zero-order valence-corrected chi connectivity index (χ0v) is 11.2. The van der Waals surface area contributed by atoms with Crippen LogP contribution in [0.2, 0.25) is 0 Å². The molecule has 0 radical (unpaired) electrons. The van der Waals surface area contributed by atoms with Gasteiger partial charge in [-0.2, -0.15) is 0 Å². The molecule has 0 aromatic carbocycles. The highest BCUT2D eigenvalue weighted by Gasteiger charge is 2.32. The van der Waals surface area contributed by atoms with Crippen LogP contribution in [-0.4, -0.2) is 28.9 Å². The second-order valence-corrected chi connectivity index (χ2v) is 5.34. The number of amides is 1. The number of unbranched alkanes of at least 4 members (excludes halogenated alkanes) is 2. The Kier molecular flexibility index (Phi) is 4.12. The fourth-order valence-corrected chi connectivity index (χ4v) is 3.03. The van der Waals surface area contributed by atoms with E-state index in [1.807, 2.05) is 12.4 Å². The second-order valence-electron chi connectivity index (χ2n) is 4.45. The maximum atomic E-state index is 11.5. The lowest BCUT2D eigenvalue weighted by molar-refractivity contribution is -0.118. The summed E-state index contributed by atoms with van der Waals surface area (Å²) < 4.78 is 0. The highest BCUT2D eigenvalue weighted by Crippen LogP contribution is 2.28. The number of rotatable bonds is 5. The van der Waals surface area contributed by atoms with Gasteiger partial charge in [-0.25, -0.2) is 4.98 Å². The molecule has 5 heteroatoms. The van der Waals surface area contributed by atoms with Gasteiger partial charge in [0.2, 0.25) is 5.91 Å². The highest BCUT2D eigenvalue weighted by molar-refractivity contribution is 7.09. The van der Waals surface area contributed by atoms with E-state index >= 15 is 0 Å². The van der Waals surface area contributed by atoms with E-state index in [0.29, 0.717) is 6.54 Å². The summed E-state index contributed by atoms with van der Waals surface area (Å²) in [6, 6.07) is 0. The van der Waals surface area contributed by atoms with Crippen molar-refractivity contribution in [3.8, 4) is 0 Å². The van der Waals surface area contributed by atoms with Gasteiger partial charge in [0.1, 0.15) is 6.17 Å². The van der Waals surface area contributed by atoms with E-state index in [0.717, 1.165) is 18.7 Å². The lowest BCUT2D eigenvalue weighted by Crippen LogP contribution is -2.28. The summed E-state index contributed by atoms with van der Waals surface area (Å²) in [5.41, 5.74) is 2.88. The summed E-state index contributed by atoms with van der Waals surface area (Å²) in [6.07, 6.45) is 3.63. The maximum absolute atomic E-state index is 11.5. The van der Waals surface area contributed by atoms with Gasteiger partial charge in [-0.3, -0.25) is 9.69 Å². The molecule has 0 saturated carbocycles. The Morgan fingerprint density at radius 1 is 1.59 bits per heavy atom. The van der Waals surface area contributed by atoms with Crippen LogP contribution >= 0.6 is 11.3 Å². The molecule has 4 nitrogen and oxygen atoms in total. The Morgan fingerprint density at radius 3 is 3.06 bits per heavy atom. The normalized spacial score (nSPS) is 20.8. The molecular weight excluding hydrogens is 234 g/mol. The van der Waals surface area contributed by atoms with Crippen molar-refractivity contribution < 1.29 is 4.79 Å². The van der Waals surface area contributed by atoms with Gasteiger partial charge in [0, 0.05) is 6.54 Å². The van der Waals surface area contributed by atoms with Crippen molar-refractivity contribution in [1.29, 1.82) is 0 Å². The SMILES string of the molecule is CCCCCN1CC(=O)N[C@@H]1c1scnc1C. The average molecular weight is 253 g/mol. The second kappa shape index (κ2) is 5.60. The number of nitrogens with one attached hydrogen (secondary N) is 1. The van der Waals surface area contributed by atoms with Crippen molar-refractivity contribution in [3.63, 3.8) is 0 Å². The van der Waals surface area contributed by atoms with Crippen molar-refractivity contribution in [2.24, 2.45) is 0 Å². The molecule has 0 spiro atoms. The van der Waals surface area contributed by atoms with Gasteiger partial charge in [-0.15, -0.1) is 11.3 Å². The molecule has 94 valence electrons. The number of hydrogen-bond acceptors (Lipinski definition) is 4. The number of thiazole rings is 1. The third-order valence-electron chi connectivity index (χ3n) is 3.09. The molecule has 1 aromatic heterocycles. The summed E-state index contributed by atoms with van der Waals surface area (Å²) in [4.78, 5) is 19.2. The van der Waals surface area contributed by atoms with Crippen LogP contribution in [-0.2, 0) is 4.79 Å². The van der Waals surface area contributed by atoms with Crippen LogP contribution in [0.4, 0.5) is 0 Å². The summed E-state index contributed by atoms with van der Waals surface area (Å²) >= 11 is 1.62. The van der Waals surface area contributed by atoms with Gasteiger partial charge >= 0.3 is 0 Å². The number of carbonyl (C=O) groups excluding carboxylic acids is 1. The van der Waals surface area contributed by atoms with E-state index in [2.05, 4.69) is 22.1 Å². The predicted octanol–water partition coefficient (Wildman–Crippen LogP) is 2.07. The van der Waals surface area contributed by atoms with Crippen LogP contribution in [0, 0.1) is 6.92 Å². The third-order valence-corrected chi connectivity index (χ3v) is 4.07.